The zero-order valence-corrected chi connectivity index (χ0v) is 15.9. The number of hydrogen-bond donors (Lipinski definition) is 2. The minimum Gasteiger partial charge on any atom is -0.381 e. The number of hydrogen-bond acceptors (Lipinski definition) is 5. The highest BCUT2D eigenvalue weighted by Gasteiger charge is 2.24. The fourth-order valence-electron chi connectivity index (χ4n) is 3.56. The van der Waals surface area contributed by atoms with Crippen molar-refractivity contribution >= 4 is 43.9 Å². The van der Waals surface area contributed by atoms with E-state index >= 15 is 0 Å². The van der Waals surface area contributed by atoms with Crippen LogP contribution in [0.1, 0.15) is 23.5 Å². The first-order chi connectivity index (χ1) is 13.1. The summed E-state index contributed by atoms with van der Waals surface area (Å²) in [5.41, 5.74) is 3.76. The molecule has 0 aliphatic carbocycles. The maximum absolute atomic E-state index is 12.5. The monoisotopic (exact) mass is 377 g/mol. The van der Waals surface area contributed by atoms with Crippen molar-refractivity contribution < 1.29 is 4.79 Å². The number of pyridine rings is 1. The molecule has 5 rings (SSSR count). The molecule has 0 fully saturated rings. The molecule has 3 aromatic heterocycles. The Bertz CT molecular complexity index is 1190. The number of rotatable bonds is 2. The predicted molar refractivity (Wildman–Crippen MR) is 109 cm³/mol. The number of anilines is 1. The largest absolute Gasteiger partial charge is 0.381 e. The second-order valence-electron chi connectivity index (χ2n) is 6.85. The molecule has 1 atom stereocenters. The van der Waals surface area contributed by atoms with Crippen LogP contribution in [0.3, 0.4) is 0 Å². The van der Waals surface area contributed by atoms with Gasteiger partial charge in [-0.15, -0.1) is 11.3 Å². The van der Waals surface area contributed by atoms with Gasteiger partial charge < -0.3 is 10.6 Å². The zero-order chi connectivity index (χ0) is 18.5. The number of aromatic nitrogens is 3. The van der Waals surface area contributed by atoms with Crippen LogP contribution in [-0.2, 0) is 6.54 Å². The standard InChI is InChI=1S/C20H19N5OS/c1-3-25-10-12(9-22-25)14-5-4-13-15(24-14)6-7-16-17(13)18-19(27-16)20(26)23-11(2)8-21-18/h4-7,9-11,21H,3,8H2,1-2H3,(H,23,26)/t11-/m1/s1. The van der Waals surface area contributed by atoms with Crippen LogP contribution >= 0.6 is 11.3 Å². The average molecular weight is 377 g/mol. The van der Waals surface area contributed by atoms with E-state index in [2.05, 4.69) is 34.8 Å². The lowest BCUT2D eigenvalue weighted by atomic mass is 10.1. The Hall–Kier alpha value is -2.93. The Balaban J connectivity index is 1.70. The molecule has 4 heterocycles. The molecule has 0 saturated carbocycles. The van der Waals surface area contributed by atoms with Crippen molar-refractivity contribution in [2.75, 3.05) is 11.9 Å². The Kier molecular flexibility index (Phi) is 3.65. The summed E-state index contributed by atoms with van der Waals surface area (Å²) in [6.07, 6.45) is 3.86. The molecule has 0 saturated heterocycles. The first kappa shape index (κ1) is 16.3. The topological polar surface area (TPSA) is 71.8 Å². The molecule has 0 radical (unpaired) electrons. The lowest BCUT2D eigenvalue weighted by molar-refractivity contribution is 0.0949. The maximum atomic E-state index is 12.5. The quantitative estimate of drug-likeness (QED) is 0.556. The van der Waals surface area contributed by atoms with Crippen LogP contribution in [0, 0.1) is 0 Å². The molecule has 4 aromatic rings. The van der Waals surface area contributed by atoms with Gasteiger partial charge in [-0.05, 0) is 38.1 Å². The SMILES string of the molecule is CCn1cc(-c2ccc3c(ccc4sc5c(c43)NC[C@@H](C)NC5=O)n2)cn1. The average Bonchev–Trinajstić information content (AvgIpc) is 3.27. The second-order valence-corrected chi connectivity index (χ2v) is 7.90. The van der Waals surface area contributed by atoms with Gasteiger partial charge in [0.05, 0.1) is 23.1 Å². The first-order valence-corrected chi connectivity index (χ1v) is 9.89. The van der Waals surface area contributed by atoms with Crippen molar-refractivity contribution in [1.82, 2.24) is 20.1 Å². The van der Waals surface area contributed by atoms with Crippen LogP contribution in [0.25, 0.3) is 32.2 Å². The molecule has 2 N–H and O–H groups in total. The van der Waals surface area contributed by atoms with E-state index in [0.29, 0.717) is 6.54 Å². The normalized spacial score (nSPS) is 16.8. The van der Waals surface area contributed by atoms with E-state index in [1.54, 1.807) is 0 Å². The molecule has 1 aromatic carbocycles. The number of benzene rings is 1. The summed E-state index contributed by atoms with van der Waals surface area (Å²) >= 11 is 1.53. The van der Waals surface area contributed by atoms with Gasteiger partial charge in [0, 0.05) is 46.4 Å². The van der Waals surface area contributed by atoms with E-state index in [4.69, 9.17) is 4.98 Å². The summed E-state index contributed by atoms with van der Waals surface area (Å²) in [4.78, 5) is 18.1. The third-order valence-corrected chi connectivity index (χ3v) is 6.10. The Morgan fingerprint density at radius 1 is 1.30 bits per heavy atom. The third-order valence-electron chi connectivity index (χ3n) is 4.94. The van der Waals surface area contributed by atoms with Crippen LogP contribution in [0.4, 0.5) is 5.69 Å². The van der Waals surface area contributed by atoms with Gasteiger partial charge in [0.15, 0.2) is 0 Å². The van der Waals surface area contributed by atoms with Crippen LogP contribution in [0.2, 0.25) is 0 Å². The molecular formula is C20H19N5OS. The molecule has 0 spiro atoms. The number of nitrogens with zero attached hydrogens (tertiary/aromatic N) is 3. The predicted octanol–water partition coefficient (Wildman–Crippen LogP) is 3.88. The lowest BCUT2D eigenvalue weighted by Crippen LogP contribution is -2.34. The van der Waals surface area contributed by atoms with Gasteiger partial charge in [-0.1, -0.05) is 0 Å². The number of aryl methyl sites for hydroxylation is 1. The summed E-state index contributed by atoms with van der Waals surface area (Å²) in [5.74, 6) is -0.00610. The molecule has 0 bridgehead atoms. The van der Waals surface area contributed by atoms with Gasteiger partial charge in [0.1, 0.15) is 4.88 Å². The molecule has 7 heteroatoms. The molecule has 1 aliphatic heterocycles. The fourth-order valence-corrected chi connectivity index (χ4v) is 4.65. The van der Waals surface area contributed by atoms with Crippen molar-refractivity contribution in [3.05, 3.63) is 41.5 Å². The second kappa shape index (κ2) is 6.06. The number of fused-ring (bicyclic) bond motifs is 5. The lowest BCUT2D eigenvalue weighted by Gasteiger charge is -2.10. The molecule has 0 unspecified atom stereocenters. The Labute approximate surface area is 160 Å². The summed E-state index contributed by atoms with van der Waals surface area (Å²) in [5, 5.41) is 13.0. The number of nitrogens with one attached hydrogen (secondary N) is 2. The summed E-state index contributed by atoms with van der Waals surface area (Å²) in [7, 11) is 0. The highest BCUT2D eigenvalue weighted by atomic mass is 32.1. The van der Waals surface area contributed by atoms with Gasteiger partial charge in [-0.3, -0.25) is 9.48 Å². The van der Waals surface area contributed by atoms with Gasteiger partial charge in [-0.2, -0.15) is 5.10 Å². The van der Waals surface area contributed by atoms with Crippen molar-refractivity contribution in [3.8, 4) is 11.3 Å². The van der Waals surface area contributed by atoms with Crippen molar-refractivity contribution in [3.63, 3.8) is 0 Å². The summed E-state index contributed by atoms with van der Waals surface area (Å²) < 4.78 is 2.99. The molecule has 1 amide bonds. The molecule has 6 nitrogen and oxygen atoms in total. The summed E-state index contributed by atoms with van der Waals surface area (Å²) in [6, 6.07) is 8.32. The van der Waals surface area contributed by atoms with Crippen molar-refractivity contribution in [2.24, 2.45) is 0 Å². The third kappa shape index (κ3) is 2.57. The van der Waals surface area contributed by atoms with E-state index < -0.39 is 0 Å². The van der Waals surface area contributed by atoms with E-state index in [1.807, 2.05) is 36.1 Å². The minimum absolute atomic E-state index is 0.00610. The number of amides is 1. The van der Waals surface area contributed by atoms with Crippen LogP contribution in [0.5, 0.6) is 0 Å². The van der Waals surface area contributed by atoms with Crippen molar-refractivity contribution in [2.45, 2.75) is 26.4 Å². The number of carbonyl (C=O) groups excluding carboxylic acids is 1. The summed E-state index contributed by atoms with van der Waals surface area (Å²) in [6.45, 7) is 5.61. The maximum Gasteiger partial charge on any atom is 0.263 e. The molecular weight excluding hydrogens is 358 g/mol. The van der Waals surface area contributed by atoms with Gasteiger partial charge in [0.2, 0.25) is 0 Å². The fraction of sp³-hybridized carbons (Fsp3) is 0.250. The smallest absolute Gasteiger partial charge is 0.263 e. The molecule has 136 valence electrons. The van der Waals surface area contributed by atoms with Gasteiger partial charge in [-0.25, -0.2) is 4.98 Å². The number of carbonyl (C=O) groups is 1. The van der Waals surface area contributed by atoms with E-state index in [-0.39, 0.29) is 11.9 Å². The van der Waals surface area contributed by atoms with Crippen LogP contribution in [-0.4, -0.2) is 33.3 Å². The first-order valence-electron chi connectivity index (χ1n) is 9.08. The van der Waals surface area contributed by atoms with E-state index in [9.17, 15) is 4.79 Å². The highest BCUT2D eigenvalue weighted by Crippen LogP contribution is 2.41. The molecule has 27 heavy (non-hydrogen) atoms. The van der Waals surface area contributed by atoms with Gasteiger partial charge in [0.25, 0.3) is 5.91 Å². The Morgan fingerprint density at radius 2 is 2.19 bits per heavy atom. The minimum atomic E-state index is -0.00610. The van der Waals surface area contributed by atoms with E-state index in [1.165, 1.54) is 11.3 Å². The zero-order valence-electron chi connectivity index (χ0n) is 15.1. The van der Waals surface area contributed by atoms with Crippen LogP contribution in [0.15, 0.2) is 36.7 Å². The number of thiophene rings is 1. The van der Waals surface area contributed by atoms with Crippen LogP contribution < -0.4 is 10.6 Å². The van der Waals surface area contributed by atoms with Crippen molar-refractivity contribution in [1.29, 1.82) is 0 Å². The van der Waals surface area contributed by atoms with Gasteiger partial charge >= 0.3 is 0 Å². The Morgan fingerprint density at radius 3 is 3.00 bits per heavy atom. The van der Waals surface area contributed by atoms with E-state index in [0.717, 1.165) is 49.4 Å². The molecule has 1 aliphatic rings. The highest BCUT2D eigenvalue weighted by molar-refractivity contribution is 7.21.